The lowest BCUT2D eigenvalue weighted by molar-refractivity contribution is 0.0942. The minimum absolute atomic E-state index is 0.0458. The summed E-state index contributed by atoms with van der Waals surface area (Å²) in [6.07, 6.45) is 5.57. The molecule has 2 rings (SSSR count). The number of carbonyl (C=O) groups is 1. The predicted molar refractivity (Wildman–Crippen MR) is 83.7 cm³/mol. The molecular weight excluding hydrogens is 318 g/mol. The number of nitrogens with zero attached hydrogens (tertiary/aromatic N) is 2. The number of hydrogen-bond acceptors (Lipinski definition) is 3. The van der Waals surface area contributed by atoms with Gasteiger partial charge in [-0.15, -0.1) is 0 Å². The average Bonchev–Trinajstić information content (AvgIpc) is 2.46. The molecule has 1 saturated heterocycles. The van der Waals surface area contributed by atoms with E-state index in [1.54, 1.807) is 18.3 Å². The van der Waals surface area contributed by atoms with Gasteiger partial charge in [0.05, 0.1) is 5.56 Å². The van der Waals surface area contributed by atoms with Crippen molar-refractivity contribution in [2.75, 3.05) is 26.2 Å². The Bertz CT molecular complexity index is 429. The first-order valence-corrected chi connectivity index (χ1v) is 8.06. The SMILES string of the molecule is CC(CNC(=O)c1ccc(Br)nc1)CN1CCCCC1. The van der Waals surface area contributed by atoms with Crippen molar-refractivity contribution in [2.24, 2.45) is 5.92 Å². The molecule has 0 spiro atoms. The molecule has 1 aromatic heterocycles. The van der Waals surface area contributed by atoms with Crippen molar-refractivity contribution in [1.82, 2.24) is 15.2 Å². The Kier molecular flexibility index (Phi) is 5.98. The van der Waals surface area contributed by atoms with E-state index >= 15 is 0 Å². The summed E-state index contributed by atoms with van der Waals surface area (Å²) >= 11 is 3.26. The highest BCUT2D eigenvalue weighted by Crippen LogP contribution is 2.11. The molecule has 0 aromatic carbocycles. The highest BCUT2D eigenvalue weighted by Gasteiger charge is 2.14. The van der Waals surface area contributed by atoms with Crippen LogP contribution in [0.1, 0.15) is 36.5 Å². The minimum Gasteiger partial charge on any atom is -0.352 e. The third-order valence-corrected chi connectivity index (χ3v) is 4.09. The first-order chi connectivity index (χ1) is 9.65. The van der Waals surface area contributed by atoms with Gasteiger partial charge in [-0.3, -0.25) is 4.79 Å². The summed E-state index contributed by atoms with van der Waals surface area (Å²) in [5.41, 5.74) is 0.610. The van der Waals surface area contributed by atoms with E-state index < -0.39 is 0 Å². The molecule has 1 fully saturated rings. The second-order valence-corrected chi connectivity index (χ2v) is 6.36. The molecule has 0 bridgehead atoms. The topological polar surface area (TPSA) is 45.2 Å². The number of likely N-dealkylation sites (tertiary alicyclic amines) is 1. The van der Waals surface area contributed by atoms with Gasteiger partial charge in [0.2, 0.25) is 0 Å². The zero-order valence-corrected chi connectivity index (χ0v) is 13.5. The Morgan fingerprint density at radius 3 is 2.80 bits per heavy atom. The monoisotopic (exact) mass is 339 g/mol. The van der Waals surface area contributed by atoms with Crippen molar-refractivity contribution < 1.29 is 4.79 Å². The van der Waals surface area contributed by atoms with E-state index in [0.717, 1.165) is 11.1 Å². The lowest BCUT2D eigenvalue weighted by Gasteiger charge is -2.29. The summed E-state index contributed by atoms with van der Waals surface area (Å²) in [5, 5.41) is 2.99. The number of nitrogens with one attached hydrogen (secondary N) is 1. The lowest BCUT2D eigenvalue weighted by Crippen LogP contribution is -2.38. The third kappa shape index (κ3) is 4.87. The van der Waals surface area contributed by atoms with Crippen molar-refractivity contribution in [3.8, 4) is 0 Å². The molecule has 4 nitrogen and oxygen atoms in total. The molecule has 5 heteroatoms. The molecular formula is C15H22BrN3O. The van der Waals surface area contributed by atoms with E-state index in [0.29, 0.717) is 18.0 Å². The molecule has 20 heavy (non-hydrogen) atoms. The second-order valence-electron chi connectivity index (χ2n) is 5.55. The maximum atomic E-state index is 12.0. The summed E-state index contributed by atoms with van der Waals surface area (Å²) in [6, 6.07) is 3.56. The number of halogens is 1. The van der Waals surface area contributed by atoms with Gasteiger partial charge in [-0.1, -0.05) is 13.3 Å². The van der Waals surface area contributed by atoms with Gasteiger partial charge in [0, 0.05) is 19.3 Å². The highest BCUT2D eigenvalue weighted by molar-refractivity contribution is 9.10. The summed E-state index contributed by atoms with van der Waals surface area (Å²) in [4.78, 5) is 18.5. The average molecular weight is 340 g/mol. The van der Waals surface area contributed by atoms with E-state index in [1.165, 1.54) is 32.4 Å². The van der Waals surface area contributed by atoms with Gasteiger partial charge in [0.25, 0.3) is 5.91 Å². The van der Waals surface area contributed by atoms with Crippen LogP contribution in [0.2, 0.25) is 0 Å². The molecule has 1 unspecified atom stereocenters. The second kappa shape index (κ2) is 7.74. The maximum absolute atomic E-state index is 12.0. The van der Waals surface area contributed by atoms with Gasteiger partial charge >= 0.3 is 0 Å². The molecule has 1 amide bonds. The number of pyridine rings is 1. The van der Waals surface area contributed by atoms with E-state index in [1.807, 2.05) is 0 Å². The molecule has 0 radical (unpaired) electrons. The van der Waals surface area contributed by atoms with Crippen LogP contribution >= 0.6 is 15.9 Å². The molecule has 110 valence electrons. The fourth-order valence-corrected chi connectivity index (χ4v) is 2.76. The molecule has 2 heterocycles. The summed E-state index contributed by atoms with van der Waals surface area (Å²) in [6.45, 7) is 6.38. The quantitative estimate of drug-likeness (QED) is 0.839. The van der Waals surface area contributed by atoms with Crippen molar-refractivity contribution in [3.05, 3.63) is 28.5 Å². The van der Waals surface area contributed by atoms with E-state index in [-0.39, 0.29) is 5.91 Å². The first-order valence-electron chi connectivity index (χ1n) is 7.27. The van der Waals surface area contributed by atoms with Gasteiger partial charge in [0.15, 0.2) is 0 Å². The van der Waals surface area contributed by atoms with Crippen LogP contribution < -0.4 is 5.32 Å². The number of piperidine rings is 1. The minimum atomic E-state index is -0.0458. The van der Waals surface area contributed by atoms with Crippen molar-refractivity contribution in [3.63, 3.8) is 0 Å². The number of hydrogen-bond donors (Lipinski definition) is 1. The van der Waals surface area contributed by atoms with Crippen LogP contribution in [0.3, 0.4) is 0 Å². The first kappa shape index (κ1) is 15.4. The van der Waals surface area contributed by atoms with Crippen molar-refractivity contribution >= 4 is 21.8 Å². The smallest absolute Gasteiger partial charge is 0.252 e. The van der Waals surface area contributed by atoms with Gasteiger partial charge in [0.1, 0.15) is 4.60 Å². The highest BCUT2D eigenvalue weighted by atomic mass is 79.9. The molecule has 0 saturated carbocycles. The Morgan fingerprint density at radius 1 is 1.40 bits per heavy atom. The summed E-state index contributed by atoms with van der Waals surface area (Å²) in [7, 11) is 0. The van der Waals surface area contributed by atoms with Gasteiger partial charge in [-0.2, -0.15) is 0 Å². The standard InChI is InChI=1S/C15H22BrN3O/c1-12(11-19-7-3-2-4-8-19)9-18-15(20)13-5-6-14(16)17-10-13/h5-6,10,12H,2-4,7-9,11H2,1H3,(H,18,20). The fraction of sp³-hybridized carbons (Fsp3) is 0.600. The van der Waals surface area contributed by atoms with Crippen molar-refractivity contribution in [2.45, 2.75) is 26.2 Å². The van der Waals surface area contributed by atoms with Crippen LogP contribution in [-0.4, -0.2) is 42.0 Å². The number of carbonyl (C=O) groups excluding carboxylic acids is 1. The number of rotatable bonds is 5. The number of aromatic nitrogens is 1. The largest absolute Gasteiger partial charge is 0.352 e. The van der Waals surface area contributed by atoms with Crippen molar-refractivity contribution in [1.29, 1.82) is 0 Å². The Morgan fingerprint density at radius 2 is 2.15 bits per heavy atom. The van der Waals surface area contributed by atoms with Gasteiger partial charge < -0.3 is 10.2 Å². The van der Waals surface area contributed by atoms with E-state index in [2.05, 4.69) is 38.1 Å². The van der Waals surface area contributed by atoms with E-state index in [9.17, 15) is 4.79 Å². The lowest BCUT2D eigenvalue weighted by atomic mass is 10.1. The van der Waals surface area contributed by atoms with Gasteiger partial charge in [-0.25, -0.2) is 4.98 Å². The van der Waals surface area contributed by atoms with Crippen LogP contribution in [0.5, 0.6) is 0 Å². The molecule has 1 aliphatic heterocycles. The summed E-state index contributed by atoms with van der Waals surface area (Å²) < 4.78 is 0.743. The zero-order valence-electron chi connectivity index (χ0n) is 11.9. The molecule has 1 N–H and O–H groups in total. The Balaban J connectivity index is 1.73. The zero-order chi connectivity index (χ0) is 14.4. The van der Waals surface area contributed by atoms with Crippen LogP contribution in [0.25, 0.3) is 0 Å². The molecule has 1 aromatic rings. The van der Waals surface area contributed by atoms with Gasteiger partial charge in [-0.05, 0) is 59.9 Å². The Hall–Kier alpha value is -0.940. The van der Waals surface area contributed by atoms with Crippen LogP contribution in [0.15, 0.2) is 22.9 Å². The van der Waals surface area contributed by atoms with E-state index in [4.69, 9.17) is 0 Å². The molecule has 0 aliphatic carbocycles. The Labute approximate surface area is 129 Å². The predicted octanol–water partition coefficient (Wildman–Crippen LogP) is 2.70. The molecule has 1 aliphatic rings. The summed E-state index contributed by atoms with van der Waals surface area (Å²) in [5.74, 6) is 0.427. The van der Waals surface area contributed by atoms with Crippen LogP contribution in [0, 0.1) is 5.92 Å². The number of amides is 1. The normalized spacial score (nSPS) is 17.7. The third-order valence-electron chi connectivity index (χ3n) is 3.62. The fourth-order valence-electron chi connectivity index (χ4n) is 2.53. The maximum Gasteiger partial charge on any atom is 0.252 e. The van der Waals surface area contributed by atoms with Crippen LogP contribution in [0.4, 0.5) is 0 Å². The van der Waals surface area contributed by atoms with Crippen LogP contribution in [-0.2, 0) is 0 Å². The molecule has 1 atom stereocenters.